The van der Waals surface area contributed by atoms with Crippen molar-refractivity contribution in [3.05, 3.63) is 91.8 Å². The van der Waals surface area contributed by atoms with Crippen LogP contribution in [0.1, 0.15) is 118 Å². The standard InChI is InChI=1S/3C22H36N7O/c3*1-30-21-18-19(8-9-20(21)27-12-6-7-13-27)25-26-22-28(14-4-2-10-23)16-17-29(22)15-5-3-11-24/h3*8-9,16-18H,2-7,10-15,23-24H2,1H3/q3*+1/p+5. The van der Waals surface area contributed by atoms with Crippen molar-refractivity contribution in [3.8, 4) is 17.2 Å². The number of imidazole rings is 3. The summed E-state index contributed by atoms with van der Waals surface area (Å²) in [6.07, 6.45) is 32.7. The highest BCUT2D eigenvalue weighted by molar-refractivity contribution is 5.66. The predicted octanol–water partition coefficient (Wildman–Crippen LogP) is 7.91. The average molecular weight is 1250 g/mol. The highest BCUT2D eigenvalue weighted by atomic mass is 16.5. The van der Waals surface area contributed by atoms with Gasteiger partial charge in [0.1, 0.15) is 34.3 Å². The Labute approximate surface area is 537 Å². The van der Waals surface area contributed by atoms with Gasteiger partial charge in [-0.05, 0) is 172 Å². The molecule has 24 heteroatoms. The highest BCUT2D eigenvalue weighted by Crippen LogP contribution is 2.37. The molecular formula is C66H113N21O3+8. The maximum atomic E-state index is 5.66. The number of rotatable bonds is 36. The maximum Gasteiger partial charge on any atom is 1.00 e. The van der Waals surface area contributed by atoms with Crippen LogP contribution in [0, 0.1) is 0 Å². The monoisotopic (exact) mass is 1250 g/mol. The molecule has 3 saturated heterocycles. The molecule has 0 aliphatic carbocycles. The fourth-order valence-corrected chi connectivity index (χ4v) is 11.6. The Hall–Kier alpha value is -7.35. The van der Waals surface area contributed by atoms with Gasteiger partial charge in [0.05, 0.1) is 134 Å². The summed E-state index contributed by atoms with van der Waals surface area (Å²) in [5.74, 6) is 5.19. The number of anilines is 3. The summed E-state index contributed by atoms with van der Waals surface area (Å²) < 4.78 is 30.0. The molecule has 492 valence electrons. The van der Waals surface area contributed by atoms with E-state index in [1.807, 2.05) is 36.4 Å². The Morgan fingerprint density at radius 1 is 0.389 bits per heavy atom. The summed E-state index contributed by atoms with van der Waals surface area (Å²) in [6, 6.07) is 18.3. The van der Waals surface area contributed by atoms with Gasteiger partial charge < -0.3 is 63.3 Å². The third-order valence-corrected chi connectivity index (χ3v) is 16.7. The molecule has 24 nitrogen and oxygen atoms in total. The van der Waals surface area contributed by atoms with Crippen LogP contribution >= 0.6 is 0 Å². The third kappa shape index (κ3) is 21.4. The number of ether oxygens (including phenoxy) is 3. The second-order valence-corrected chi connectivity index (χ2v) is 23.4. The summed E-state index contributed by atoms with van der Waals surface area (Å²) in [6.45, 7) is 17.0. The summed E-state index contributed by atoms with van der Waals surface area (Å²) in [7, 11) is 5.15. The minimum Gasteiger partial charge on any atom is -0.495 e. The van der Waals surface area contributed by atoms with Crippen LogP contribution in [0.5, 0.6) is 17.2 Å². The number of aryl methyl sites for hydroxylation is 6. The van der Waals surface area contributed by atoms with Crippen LogP contribution in [0.25, 0.3) is 0 Å². The van der Waals surface area contributed by atoms with Crippen molar-refractivity contribution in [1.29, 1.82) is 0 Å². The van der Waals surface area contributed by atoms with E-state index in [1.54, 1.807) is 21.3 Å². The first-order valence-electron chi connectivity index (χ1n) is 33.6. The molecule has 6 aromatic rings. The van der Waals surface area contributed by atoms with Crippen LogP contribution in [0.3, 0.4) is 0 Å². The Kier molecular flexibility index (Phi) is 30.9. The molecule has 3 aliphatic rings. The third-order valence-electron chi connectivity index (χ3n) is 16.7. The molecule has 0 saturated carbocycles. The number of nitrogens with zero attached hydrogens (tertiary/aromatic N) is 15. The van der Waals surface area contributed by atoms with Crippen LogP contribution < -0.4 is 77.0 Å². The normalized spacial score (nSPS) is 14.2. The zero-order chi connectivity index (χ0) is 63.6. The molecule has 0 radical (unpaired) electrons. The highest BCUT2D eigenvalue weighted by Gasteiger charge is 2.24. The topological polar surface area (TPSA) is 299 Å². The lowest BCUT2D eigenvalue weighted by atomic mass is 10.2. The lowest BCUT2D eigenvalue weighted by Gasteiger charge is -2.20. The largest absolute Gasteiger partial charge is 1.00 e. The van der Waals surface area contributed by atoms with Gasteiger partial charge >= 0.3 is 20.7 Å². The molecule has 90 heavy (non-hydrogen) atoms. The van der Waals surface area contributed by atoms with Gasteiger partial charge in [-0.15, -0.1) is 0 Å². The van der Waals surface area contributed by atoms with Gasteiger partial charge in [-0.3, -0.25) is 0 Å². The fraction of sp³-hybridized carbons (Fsp3) is 0.591. The number of methoxy groups -OCH3 is 3. The number of aromatic nitrogens is 6. The number of unbranched alkanes of at least 4 members (excludes halogenated alkanes) is 6. The lowest BCUT2D eigenvalue weighted by Crippen LogP contribution is -2.50. The second-order valence-electron chi connectivity index (χ2n) is 23.4. The van der Waals surface area contributed by atoms with E-state index < -0.39 is 0 Å². The summed E-state index contributed by atoms with van der Waals surface area (Å²) in [4.78, 5) is 7.12. The first kappa shape index (κ1) is 70.1. The number of hydrogen-bond acceptors (Lipinski definition) is 15. The molecule has 3 aromatic carbocycles. The quantitative estimate of drug-likeness (QED) is 0.0126. The van der Waals surface area contributed by atoms with Crippen LogP contribution in [0.15, 0.2) is 122 Å². The van der Waals surface area contributed by atoms with Crippen molar-refractivity contribution in [1.82, 2.24) is 13.7 Å². The van der Waals surface area contributed by atoms with E-state index in [4.69, 9.17) is 31.4 Å². The average Bonchev–Trinajstić information content (AvgIpc) is 1.58. The van der Waals surface area contributed by atoms with Gasteiger partial charge in [0.25, 0.3) is 0 Å². The molecule has 6 heterocycles. The van der Waals surface area contributed by atoms with Crippen molar-refractivity contribution in [2.75, 3.05) is 115 Å². The van der Waals surface area contributed by atoms with Crippen molar-refractivity contribution < 1.29 is 48.0 Å². The van der Waals surface area contributed by atoms with Gasteiger partial charge in [0, 0.05) is 72.8 Å². The van der Waals surface area contributed by atoms with Crippen LogP contribution in [-0.4, -0.2) is 114 Å². The Morgan fingerprint density at radius 3 is 0.956 bits per heavy atom. The van der Waals surface area contributed by atoms with E-state index in [0.29, 0.717) is 19.6 Å². The van der Waals surface area contributed by atoms with E-state index in [1.165, 1.54) is 38.5 Å². The van der Waals surface area contributed by atoms with Crippen molar-refractivity contribution in [3.63, 3.8) is 0 Å². The zero-order valence-electron chi connectivity index (χ0n) is 56.9. The summed E-state index contributed by atoms with van der Waals surface area (Å²) in [5.41, 5.74) is 34.6. The van der Waals surface area contributed by atoms with Gasteiger partial charge in [-0.1, -0.05) is 15.3 Å². The van der Waals surface area contributed by atoms with E-state index in [2.05, 4.69) is 145 Å². The number of benzene rings is 3. The molecule has 3 fully saturated rings. The van der Waals surface area contributed by atoms with Crippen LogP contribution in [0.4, 0.5) is 52.0 Å². The second kappa shape index (κ2) is 39.7. The smallest absolute Gasteiger partial charge is 0.495 e. The molecule has 0 spiro atoms. The van der Waals surface area contributed by atoms with E-state index >= 15 is 0 Å². The van der Waals surface area contributed by atoms with Gasteiger partial charge in [0.15, 0.2) is 0 Å². The first-order chi connectivity index (χ1) is 44.3. The van der Waals surface area contributed by atoms with Gasteiger partial charge in [-0.25, -0.2) is 27.4 Å². The number of hydrogen-bond donors (Lipinski definition) is 6. The molecule has 0 unspecified atom stereocenters. The number of nitrogens with two attached hydrogens (primary N) is 3. The minimum absolute atomic E-state index is 0. The number of quaternary nitrogens is 3. The van der Waals surface area contributed by atoms with Crippen molar-refractivity contribution in [2.45, 2.75) is 155 Å². The van der Waals surface area contributed by atoms with E-state index in [9.17, 15) is 0 Å². The molecule has 3 aliphatic heterocycles. The predicted molar refractivity (Wildman–Crippen MR) is 358 cm³/mol. The molecule has 3 aromatic heterocycles. The Balaban J connectivity index is 0.000000248. The van der Waals surface area contributed by atoms with Crippen molar-refractivity contribution >= 4 is 52.0 Å². The zero-order valence-corrected chi connectivity index (χ0v) is 54.9. The fourth-order valence-electron chi connectivity index (χ4n) is 11.6. The Bertz CT molecular complexity index is 2690. The molecule has 0 bridgehead atoms. The Morgan fingerprint density at radius 2 is 0.667 bits per heavy atom. The maximum absolute atomic E-state index is 5.66. The minimum atomic E-state index is 0. The molecule has 15 N–H and O–H groups in total. The molecule has 9 rings (SSSR count). The SMILES string of the molecule is COc1cc(N=Nc2n(CCCCN)cc[n+]2CCCCN)ccc1N1CCCC1.COc1cc(N=Nc2n(CCCC[NH3+])cc[n+]2CCCCN)ccc1N1CCCC1.COc1cc(N=Nc2n(CCCC[NH3+])cc[n+]2CCCC[NH3+])ccc1N1CCCC1.[H+].[H+]. The van der Waals surface area contributed by atoms with Crippen LogP contribution in [-0.2, 0) is 39.3 Å². The lowest BCUT2D eigenvalue weighted by molar-refractivity contribution is -0.684. The molecule has 0 amide bonds. The first-order valence-corrected chi connectivity index (χ1v) is 33.6. The van der Waals surface area contributed by atoms with Gasteiger partial charge in [-0.2, -0.15) is 0 Å². The van der Waals surface area contributed by atoms with Gasteiger partial charge in [0.2, 0.25) is 0 Å². The van der Waals surface area contributed by atoms with Crippen molar-refractivity contribution in [2.24, 2.45) is 47.9 Å². The van der Waals surface area contributed by atoms with E-state index in [0.717, 1.165) is 244 Å². The summed E-state index contributed by atoms with van der Waals surface area (Å²) in [5, 5.41) is 27.5. The molecule has 0 atom stereocenters. The van der Waals surface area contributed by atoms with E-state index in [-0.39, 0.29) is 2.85 Å². The summed E-state index contributed by atoms with van der Waals surface area (Å²) >= 11 is 0. The van der Waals surface area contributed by atoms with Crippen LogP contribution in [0.2, 0.25) is 0 Å². The number of azo groups is 3. The molecular weight excluding hydrogens is 1130 g/mol.